The van der Waals surface area contributed by atoms with Gasteiger partial charge in [-0.2, -0.15) is 0 Å². The molecule has 0 spiro atoms. The van der Waals surface area contributed by atoms with Crippen LogP contribution in [0.1, 0.15) is 24.5 Å². The molecule has 1 aromatic rings. The van der Waals surface area contributed by atoms with E-state index < -0.39 is 0 Å². The van der Waals surface area contributed by atoms with E-state index in [0.717, 1.165) is 35.4 Å². The Bertz CT molecular complexity index is 382. The predicted octanol–water partition coefficient (Wildman–Crippen LogP) is 3.28. The second kappa shape index (κ2) is 7.77. The first-order chi connectivity index (χ1) is 8.58. The van der Waals surface area contributed by atoms with Gasteiger partial charge in [0.25, 0.3) is 0 Å². The molecule has 18 heavy (non-hydrogen) atoms. The Morgan fingerprint density at radius 3 is 2.72 bits per heavy atom. The van der Waals surface area contributed by atoms with Gasteiger partial charge in [0.2, 0.25) is 0 Å². The Hall–Kier alpha value is -0.580. The van der Waals surface area contributed by atoms with Crippen LogP contribution in [0.3, 0.4) is 0 Å². The van der Waals surface area contributed by atoms with Gasteiger partial charge in [0.05, 0.1) is 6.10 Å². The molecule has 4 heteroatoms. The molecule has 1 N–H and O–H groups in total. The minimum atomic E-state index is 0.153. The van der Waals surface area contributed by atoms with Crippen LogP contribution in [0.25, 0.3) is 0 Å². The second-order valence-electron chi connectivity index (χ2n) is 4.45. The van der Waals surface area contributed by atoms with Crippen LogP contribution < -0.4 is 10.1 Å². The number of hydrogen-bond acceptors (Lipinski definition) is 3. The van der Waals surface area contributed by atoms with Crippen LogP contribution in [0, 0.1) is 6.92 Å². The zero-order valence-electron chi connectivity index (χ0n) is 11.5. The average Bonchev–Trinajstić information content (AvgIpc) is 2.31. The van der Waals surface area contributed by atoms with Gasteiger partial charge in [-0.15, -0.1) is 0 Å². The summed E-state index contributed by atoms with van der Waals surface area (Å²) in [5.74, 6) is 0.983. The Labute approximate surface area is 118 Å². The smallest absolute Gasteiger partial charge is 0.127 e. The molecule has 1 unspecified atom stereocenters. The summed E-state index contributed by atoms with van der Waals surface area (Å²) in [6, 6.07) is 4.18. The van der Waals surface area contributed by atoms with Crippen molar-refractivity contribution in [2.75, 3.05) is 20.8 Å². The lowest BCUT2D eigenvalue weighted by molar-refractivity contribution is 0.134. The van der Waals surface area contributed by atoms with E-state index in [-0.39, 0.29) is 6.10 Å². The lowest BCUT2D eigenvalue weighted by Crippen LogP contribution is -2.17. The monoisotopic (exact) mass is 315 g/mol. The van der Waals surface area contributed by atoms with Crippen molar-refractivity contribution in [3.8, 4) is 5.75 Å². The summed E-state index contributed by atoms with van der Waals surface area (Å²) in [5.41, 5.74) is 2.33. The molecular weight excluding hydrogens is 294 g/mol. The van der Waals surface area contributed by atoms with Crippen LogP contribution >= 0.6 is 15.9 Å². The number of nitrogens with one attached hydrogen (secondary N) is 1. The van der Waals surface area contributed by atoms with E-state index in [4.69, 9.17) is 9.47 Å². The minimum Gasteiger partial charge on any atom is -0.490 e. The fourth-order valence-electron chi connectivity index (χ4n) is 1.83. The van der Waals surface area contributed by atoms with E-state index in [1.165, 1.54) is 5.56 Å². The lowest BCUT2D eigenvalue weighted by atomic mass is 10.1. The number of methoxy groups -OCH3 is 1. The summed E-state index contributed by atoms with van der Waals surface area (Å²) in [6.45, 7) is 5.66. The van der Waals surface area contributed by atoms with E-state index >= 15 is 0 Å². The van der Waals surface area contributed by atoms with Crippen molar-refractivity contribution in [2.45, 2.75) is 32.9 Å². The molecule has 0 aliphatic heterocycles. The van der Waals surface area contributed by atoms with Crippen molar-refractivity contribution in [1.82, 2.24) is 5.32 Å². The van der Waals surface area contributed by atoms with Crippen molar-refractivity contribution in [3.05, 3.63) is 27.7 Å². The van der Waals surface area contributed by atoms with Gasteiger partial charge in [0, 0.05) is 36.7 Å². The third kappa shape index (κ3) is 4.59. The molecule has 0 aliphatic rings. The molecule has 0 amide bonds. The van der Waals surface area contributed by atoms with Crippen molar-refractivity contribution >= 4 is 15.9 Å². The summed E-state index contributed by atoms with van der Waals surface area (Å²) in [4.78, 5) is 0. The highest BCUT2D eigenvalue weighted by Crippen LogP contribution is 2.29. The predicted molar refractivity (Wildman–Crippen MR) is 78.2 cm³/mol. The Balaban J connectivity index is 2.85. The maximum Gasteiger partial charge on any atom is 0.127 e. The third-order valence-electron chi connectivity index (χ3n) is 2.73. The van der Waals surface area contributed by atoms with Crippen LogP contribution in [0.15, 0.2) is 16.6 Å². The summed E-state index contributed by atoms with van der Waals surface area (Å²) in [5, 5.41) is 3.17. The van der Waals surface area contributed by atoms with Crippen molar-refractivity contribution < 1.29 is 9.47 Å². The summed E-state index contributed by atoms with van der Waals surface area (Å²) in [7, 11) is 3.65. The maximum absolute atomic E-state index is 6.05. The van der Waals surface area contributed by atoms with E-state index in [1.807, 2.05) is 7.05 Å². The van der Waals surface area contributed by atoms with Gasteiger partial charge >= 0.3 is 0 Å². The number of benzene rings is 1. The molecule has 0 saturated heterocycles. The van der Waals surface area contributed by atoms with Gasteiger partial charge in [-0.05, 0) is 38.6 Å². The first-order valence-corrected chi connectivity index (χ1v) is 6.97. The van der Waals surface area contributed by atoms with Crippen LogP contribution in [0.4, 0.5) is 0 Å². The number of aryl methyl sites for hydroxylation is 1. The Morgan fingerprint density at radius 2 is 2.11 bits per heavy atom. The lowest BCUT2D eigenvalue weighted by Gasteiger charge is -2.19. The summed E-state index contributed by atoms with van der Waals surface area (Å²) >= 11 is 3.52. The number of ether oxygens (including phenoxy) is 2. The van der Waals surface area contributed by atoms with E-state index in [0.29, 0.717) is 0 Å². The largest absolute Gasteiger partial charge is 0.490 e. The fourth-order valence-corrected chi connectivity index (χ4v) is 2.45. The van der Waals surface area contributed by atoms with E-state index in [2.05, 4.69) is 47.2 Å². The quantitative estimate of drug-likeness (QED) is 0.837. The van der Waals surface area contributed by atoms with Gasteiger partial charge in [0.15, 0.2) is 0 Å². The van der Waals surface area contributed by atoms with Crippen molar-refractivity contribution in [1.29, 1.82) is 0 Å². The zero-order valence-corrected chi connectivity index (χ0v) is 13.1. The Morgan fingerprint density at radius 1 is 1.39 bits per heavy atom. The molecule has 1 aromatic carbocycles. The van der Waals surface area contributed by atoms with Gasteiger partial charge in [-0.3, -0.25) is 0 Å². The Kier molecular flexibility index (Phi) is 6.68. The SMILES string of the molecule is CNCc1cc(Br)cc(C)c1OC(C)CCOC. The molecule has 0 aliphatic carbocycles. The van der Waals surface area contributed by atoms with Crippen LogP contribution in [0.5, 0.6) is 5.75 Å². The standard InChI is InChI=1S/C14H22BrNO2/c1-10-7-13(15)8-12(9-16-3)14(10)18-11(2)5-6-17-4/h7-8,11,16H,5-6,9H2,1-4H3. The van der Waals surface area contributed by atoms with Crippen molar-refractivity contribution in [2.24, 2.45) is 0 Å². The molecule has 0 bridgehead atoms. The van der Waals surface area contributed by atoms with E-state index in [9.17, 15) is 0 Å². The zero-order chi connectivity index (χ0) is 13.5. The summed E-state index contributed by atoms with van der Waals surface area (Å²) < 4.78 is 12.2. The first-order valence-electron chi connectivity index (χ1n) is 6.17. The number of halogens is 1. The van der Waals surface area contributed by atoms with Crippen LogP contribution in [-0.4, -0.2) is 26.9 Å². The average molecular weight is 316 g/mol. The van der Waals surface area contributed by atoms with Gasteiger partial charge in [0.1, 0.15) is 5.75 Å². The molecule has 1 atom stereocenters. The molecule has 1 rings (SSSR count). The van der Waals surface area contributed by atoms with Crippen molar-refractivity contribution in [3.63, 3.8) is 0 Å². The highest BCUT2D eigenvalue weighted by Gasteiger charge is 2.12. The normalized spacial score (nSPS) is 12.5. The molecular formula is C14H22BrNO2. The molecule has 102 valence electrons. The molecule has 0 aromatic heterocycles. The van der Waals surface area contributed by atoms with E-state index in [1.54, 1.807) is 7.11 Å². The molecule has 0 saturated carbocycles. The molecule has 3 nitrogen and oxygen atoms in total. The van der Waals surface area contributed by atoms with Gasteiger partial charge in [-0.25, -0.2) is 0 Å². The van der Waals surface area contributed by atoms with Gasteiger partial charge < -0.3 is 14.8 Å². The topological polar surface area (TPSA) is 30.5 Å². The highest BCUT2D eigenvalue weighted by atomic mass is 79.9. The first kappa shape index (κ1) is 15.5. The van der Waals surface area contributed by atoms with Crippen LogP contribution in [-0.2, 0) is 11.3 Å². The molecule has 0 heterocycles. The highest BCUT2D eigenvalue weighted by molar-refractivity contribution is 9.10. The molecule has 0 radical (unpaired) electrons. The number of hydrogen-bond donors (Lipinski definition) is 1. The third-order valence-corrected chi connectivity index (χ3v) is 3.19. The second-order valence-corrected chi connectivity index (χ2v) is 5.37. The minimum absolute atomic E-state index is 0.153. The van der Waals surface area contributed by atoms with Crippen LogP contribution in [0.2, 0.25) is 0 Å². The van der Waals surface area contributed by atoms with Gasteiger partial charge in [-0.1, -0.05) is 15.9 Å². The fraction of sp³-hybridized carbons (Fsp3) is 0.571. The molecule has 0 fully saturated rings. The summed E-state index contributed by atoms with van der Waals surface area (Å²) in [6.07, 6.45) is 1.05. The number of rotatable bonds is 7. The maximum atomic E-state index is 6.05.